The molecule has 1 amide bonds. The van der Waals surface area contributed by atoms with Crippen molar-refractivity contribution in [2.45, 2.75) is 20.8 Å². The van der Waals surface area contributed by atoms with Gasteiger partial charge in [0.2, 0.25) is 5.91 Å². The van der Waals surface area contributed by atoms with Crippen LogP contribution in [-0.4, -0.2) is 10.9 Å². The lowest BCUT2D eigenvalue weighted by Gasteiger charge is -2.13. The number of aromatic nitrogens is 1. The second-order valence-corrected chi connectivity index (χ2v) is 5.01. The molecule has 1 aromatic heterocycles. The van der Waals surface area contributed by atoms with E-state index < -0.39 is 5.92 Å². The van der Waals surface area contributed by atoms with Gasteiger partial charge in [-0.25, -0.2) is 0 Å². The lowest BCUT2D eigenvalue weighted by Crippen LogP contribution is -2.25. The molecule has 4 nitrogen and oxygen atoms in total. The van der Waals surface area contributed by atoms with E-state index in [0.717, 1.165) is 22.3 Å². The molecule has 98 valence electrons. The fourth-order valence-corrected chi connectivity index (χ4v) is 2.15. The number of hydrogen-bond donors (Lipinski definition) is 2. The van der Waals surface area contributed by atoms with Gasteiger partial charge in [0.15, 0.2) is 0 Å². The topological polar surface area (TPSA) is 68.7 Å². The van der Waals surface area contributed by atoms with E-state index in [1.54, 1.807) is 0 Å². The molecule has 0 saturated carbocycles. The number of nitrogens with one attached hydrogen (secondary N) is 2. The van der Waals surface area contributed by atoms with Crippen LogP contribution in [-0.2, 0) is 4.79 Å². The number of anilines is 1. The number of carbonyl (C=O) groups is 1. The van der Waals surface area contributed by atoms with Crippen LogP contribution in [0.5, 0.6) is 0 Å². The largest absolute Gasteiger partial charge is 0.357 e. The summed E-state index contributed by atoms with van der Waals surface area (Å²) in [5.74, 6) is -0.881. The molecule has 2 N–H and O–H groups in total. The quantitative estimate of drug-likeness (QED) is 0.884. The number of fused-ring (bicyclic) bond motifs is 1. The Hall–Kier alpha value is -2.28. The zero-order chi connectivity index (χ0) is 14.0. The average molecular weight is 255 g/mol. The number of nitriles is 1. The molecule has 0 radical (unpaired) electrons. The molecule has 0 saturated heterocycles. The normalized spacial score (nSPS) is 12.4. The van der Waals surface area contributed by atoms with Crippen LogP contribution < -0.4 is 5.32 Å². The molecule has 0 bridgehead atoms. The summed E-state index contributed by atoms with van der Waals surface area (Å²) in [5, 5.41) is 12.9. The van der Waals surface area contributed by atoms with Crippen LogP contribution in [0.4, 0.5) is 5.69 Å². The minimum atomic E-state index is -0.631. The molecule has 0 aliphatic rings. The molecular weight excluding hydrogens is 238 g/mol. The number of para-hydroxylation sites is 1. The second kappa shape index (κ2) is 5.15. The average Bonchev–Trinajstić information content (AvgIpc) is 2.66. The van der Waals surface area contributed by atoms with Gasteiger partial charge in [-0.2, -0.15) is 5.26 Å². The van der Waals surface area contributed by atoms with Gasteiger partial charge in [0.1, 0.15) is 5.92 Å². The molecule has 0 aliphatic heterocycles. The van der Waals surface area contributed by atoms with Gasteiger partial charge in [-0.05, 0) is 18.9 Å². The fourth-order valence-electron chi connectivity index (χ4n) is 2.15. The van der Waals surface area contributed by atoms with Gasteiger partial charge >= 0.3 is 0 Å². The van der Waals surface area contributed by atoms with E-state index in [1.165, 1.54) is 0 Å². The summed E-state index contributed by atoms with van der Waals surface area (Å²) in [5.41, 5.74) is 2.64. The standard InChI is InChI=1S/C15H17N3O/c1-9(2)12(8-16)15(19)18-14-10(3)17-13-7-5-4-6-11(13)14/h4-7,9,12,17H,1-3H3,(H,18,19). The third kappa shape index (κ3) is 2.45. The van der Waals surface area contributed by atoms with Crippen molar-refractivity contribution in [1.82, 2.24) is 4.98 Å². The van der Waals surface area contributed by atoms with Crippen LogP contribution in [0.15, 0.2) is 24.3 Å². The monoisotopic (exact) mass is 255 g/mol. The first kappa shape index (κ1) is 13.2. The van der Waals surface area contributed by atoms with Crippen molar-refractivity contribution in [3.63, 3.8) is 0 Å². The molecule has 1 aromatic carbocycles. The van der Waals surface area contributed by atoms with E-state index in [-0.39, 0.29) is 11.8 Å². The summed E-state index contributed by atoms with van der Waals surface area (Å²) in [6.45, 7) is 5.65. The van der Waals surface area contributed by atoms with Crippen molar-refractivity contribution >= 4 is 22.5 Å². The van der Waals surface area contributed by atoms with E-state index in [0.29, 0.717) is 0 Å². The summed E-state index contributed by atoms with van der Waals surface area (Å²) >= 11 is 0. The highest BCUT2D eigenvalue weighted by molar-refractivity contribution is 6.04. The van der Waals surface area contributed by atoms with Gasteiger partial charge < -0.3 is 10.3 Å². The molecule has 1 atom stereocenters. The Morgan fingerprint density at radius 2 is 2.05 bits per heavy atom. The van der Waals surface area contributed by atoms with E-state index in [1.807, 2.05) is 45.0 Å². The van der Waals surface area contributed by atoms with Crippen LogP contribution in [0.25, 0.3) is 10.9 Å². The zero-order valence-electron chi connectivity index (χ0n) is 11.3. The van der Waals surface area contributed by atoms with Crippen molar-refractivity contribution in [1.29, 1.82) is 5.26 Å². The van der Waals surface area contributed by atoms with Crippen molar-refractivity contribution < 1.29 is 4.79 Å². The summed E-state index contributed by atoms with van der Waals surface area (Å²) in [6.07, 6.45) is 0. The van der Waals surface area contributed by atoms with E-state index in [9.17, 15) is 4.79 Å². The van der Waals surface area contributed by atoms with Gasteiger partial charge in [0.05, 0.1) is 11.8 Å². The number of carbonyl (C=O) groups excluding carboxylic acids is 1. The maximum atomic E-state index is 12.1. The Labute approximate surface area is 112 Å². The van der Waals surface area contributed by atoms with Gasteiger partial charge in [-0.3, -0.25) is 4.79 Å². The van der Waals surface area contributed by atoms with E-state index in [2.05, 4.69) is 16.4 Å². The predicted molar refractivity (Wildman–Crippen MR) is 75.6 cm³/mol. The molecule has 2 aromatic rings. The number of H-pyrrole nitrogens is 1. The fraction of sp³-hybridized carbons (Fsp3) is 0.333. The SMILES string of the molecule is Cc1[nH]c2ccccc2c1NC(=O)C(C#N)C(C)C. The predicted octanol–water partition coefficient (Wildman–Crippen LogP) is 3.21. The third-order valence-electron chi connectivity index (χ3n) is 3.23. The number of hydrogen-bond acceptors (Lipinski definition) is 2. The smallest absolute Gasteiger partial charge is 0.242 e. The number of amides is 1. The van der Waals surface area contributed by atoms with Crippen molar-refractivity contribution in [2.75, 3.05) is 5.32 Å². The van der Waals surface area contributed by atoms with Gasteiger partial charge in [0.25, 0.3) is 0 Å². The first-order valence-electron chi connectivity index (χ1n) is 6.32. The highest BCUT2D eigenvalue weighted by Gasteiger charge is 2.23. The van der Waals surface area contributed by atoms with Gasteiger partial charge in [0, 0.05) is 16.6 Å². The summed E-state index contributed by atoms with van der Waals surface area (Å²) in [4.78, 5) is 15.4. The van der Waals surface area contributed by atoms with Gasteiger partial charge in [-0.1, -0.05) is 32.0 Å². The number of aromatic amines is 1. The summed E-state index contributed by atoms with van der Waals surface area (Å²) in [6, 6.07) is 9.84. The molecule has 1 unspecified atom stereocenters. The lowest BCUT2D eigenvalue weighted by molar-refractivity contribution is -0.119. The summed E-state index contributed by atoms with van der Waals surface area (Å²) < 4.78 is 0. The summed E-state index contributed by atoms with van der Waals surface area (Å²) in [7, 11) is 0. The third-order valence-corrected chi connectivity index (χ3v) is 3.23. The van der Waals surface area contributed by atoms with Crippen LogP contribution in [0.3, 0.4) is 0 Å². The van der Waals surface area contributed by atoms with Crippen LogP contribution in [0.1, 0.15) is 19.5 Å². The Morgan fingerprint density at radius 3 is 2.68 bits per heavy atom. The minimum absolute atomic E-state index is 0.00416. The molecule has 0 spiro atoms. The number of benzene rings is 1. The molecule has 0 aliphatic carbocycles. The zero-order valence-corrected chi connectivity index (χ0v) is 11.3. The maximum Gasteiger partial charge on any atom is 0.242 e. The number of rotatable bonds is 3. The van der Waals surface area contributed by atoms with Crippen molar-refractivity contribution in [3.8, 4) is 6.07 Å². The first-order chi connectivity index (χ1) is 9.04. The number of nitrogens with zero attached hydrogens (tertiary/aromatic N) is 1. The molecular formula is C15H17N3O. The van der Waals surface area contributed by atoms with Gasteiger partial charge in [-0.15, -0.1) is 0 Å². The Kier molecular flexibility index (Phi) is 3.57. The molecule has 1 heterocycles. The second-order valence-electron chi connectivity index (χ2n) is 5.01. The molecule has 19 heavy (non-hydrogen) atoms. The maximum absolute atomic E-state index is 12.1. The van der Waals surface area contributed by atoms with E-state index in [4.69, 9.17) is 5.26 Å². The van der Waals surface area contributed by atoms with Crippen LogP contribution in [0, 0.1) is 30.1 Å². The molecule has 4 heteroatoms. The lowest BCUT2D eigenvalue weighted by atomic mass is 9.96. The van der Waals surface area contributed by atoms with Crippen molar-refractivity contribution in [3.05, 3.63) is 30.0 Å². The van der Waals surface area contributed by atoms with Crippen LogP contribution in [0.2, 0.25) is 0 Å². The Bertz CT molecular complexity index is 649. The van der Waals surface area contributed by atoms with Crippen molar-refractivity contribution in [2.24, 2.45) is 11.8 Å². The van der Waals surface area contributed by atoms with Crippen LogP contribution >= 0.6 is 0 Å². The minimum Gasteiger partial charge on any atom is -0.357 e. The molecule has 2 rings (SSSR count). The highest BCUT2D eigenvalue weighted by Crippen LogP contribution is 2.27. The molecule has 0 fully saturated rings. The Balaban J connectivity index is 2.34. The Morgan fingerprint density at radius 1 is 1.37 bits per heavy atom. The number of aryl methyl sites for hydroxylation is 1. The first-order valence-corrected chi connectivity index (χ1v) is 6.32. The van der Waals surface area contributed by atoms with E-state index >= 15 is 0 Å². The highest BCUT2D eigenvalue weighted by atomic mass is 16.1.